The van der Waals surface area contributed by atoms with Crippen LogP contribution in [0.25, 0.3) is 0 Å². The van der Waals surface area contributed by atoms with Crippen LogP contribution >= 0.6 is 23.2 Å². The van der Waals surface area contributed by atoms with Crippen molar-refractivity contribution in [3.8, 4) is 0 Å². The Balaban J connectivity index is 1.81. The molecule has 33 heavy (non-hydrogen) atoms. The number of imide groups is 1. The summed E-state index contributed by atoms with van der Waals surface area (Å²) >= 11 is 12.2. The number of halogens is 2. The zero-order valence-corrected chi connectivity index (χ0v) is 19.2. The van der Waals surface area contributed by atoms with Gasteiger partial charge in [-0.15, -0.1) is 0 Å². The van der Waals surface area contributed by atoms with Gasteiger partial charge in [-0.2, -0.15) is 5.01 Å². The van der Waals surface area contributed by atoms with Gasteiger partial charge in [-0.25, -0.2) is 5.01 Å². The third kappa shape index (κ3) is 4.03. The number of hydrogen-bond acceptors (Lipinski definition) is 4. The average Bonchev–Trinajstić information content (AvgIpc) is 3.04. The fourth-order valence-corrected chi connectivity index (χ4v) is 4.16. The van der Waals surface area contributed by atoms with E-state index in [1.165, 1.54) is 37.3 Å². The minimum absolute atomic E-state index is 0.00109. The van der Waals surface area contributed by atoms with Crippen LogP contribution < -0.4 is 0 Å². The van der Waals surface area contributed by atoms with Gasteiger partial charge >= 0.3 is 0 Å². The zero-order valence-electron chi connectivity index (χ0n) is 17.7. The van der Waals surface area contributed by atoms with Gasteiger partial charge in [-0.1, -0.05) is 65.2 Å². The number of carbonyl (C=O) groups excluding carboxylic acids is 4. The van der Waals surface area contributed by atoms with Crippen molar-refractivity contribution in [2.45, 2.75) is 19.9 Å². The summed E-state index contributed by atoms with van der Waals surface area (Å²) in [5, 5.41) is 1.94. The normalized spacial score (nSPS) is 13.6. The number of ketones is 1. The molecule has 3 amide bonds. The van der Waals surface area contributed by atoms with Crippen LogP contribution in [0.1, 0.15) is 53.9 Å². The summed E-state index contributed by atoms with van der Waals surface area (Å²) in [5.41, 5.74) is 1.60. The Hall–Kier alpha value is -3.48. The van der Waals surface area contributed by atoms with E-state index in [1.807, 2.05) is 6.92 Å². The van der Waals surface area contributed by atoms with Crippen LogP contribution in [-0.2, 0) is 0 Å². The highest BCUT2D eigenvalue weighted by molar-refractivity contribution is 6.37. The second kappa shape index (κ2) is 8.81. The summed E-state index contributed by atoms with van der Waals surface area (Å²) in [6.07, 6.45) is 0. The Bertz CT molecular complexity index is 1270. The summed E-state index contributed by atoms with van der Waals surface area (Å²) in [6.45, 7) is 3.35. The molecule has 0 saturated carbocycles. The smallest absolute Gasteiger partial charge is 0.280 e. The molecule has 166 valence electrons. The van der Waals surface area contributed by atoms with Crippen molar-refractivity contribution in [1.82, 2.24) is 10.0 Å². The molecule has 0 bridgehead atoms. The number of hydrazine groups is 1. The molecular formula is C25H18Cl2N2O4. The molecule has 0 fully saturated rings. The van der Waals surface area contributed by atoms with E-state index >= 15 is 0 Å². The van der Waals surface area contributed by atoms with Crippen molar-refractivity contribution >= 4 is 46.7 Å². The van der Waals surface area contributed by atoms with Crippen molar-refractivity contribution in [3.05, 3.63) is 105 Å². The topological polar surface area (TPSA) is 74.8 Å². The molecule has 0 aromatic heterocycles. The van der Waals surface area contributed by atoms with Crippen LogP contribution in [-0.4, -0.2) is 39.6 Å². The molecule has 8 heteroatoms. The van der Waals surface area contributed by atoms with E-state index in [0.717, 1.165) is 10.6 Å². The SMILES string of the molecule is Cc1ccc(C(=O)[C@@H](C)N(C(=O)c2ccc(Cl)cc2Cl)N2C(=O)c3ccccc3C2=O)cc1. The molecule has 1 atom stereocenters. The molecule has 0 unspecified atom stereocenters. The quantitative estimate of drug-likeness (QED) is 0.370. The van der Waals surface area contributed by atoms with Gasteiger partial charge in [0.15, 0.2) is 5.78 Å². The number of benzene rings is 3. The van der Waals surface area contributed by atoms with Crippen LogP contribution in [0, 0.1) is 6.92 Å². The first kappa shape index (κ1) is 22.7. The van der Waals surface area contributed by atoms with Crippen LogP contribution in [0.3, 0.4) is 0 Å². The molecule has 0 saturated heterocycles. The summed E-state index contributed by atoms with van der Waals surface area (Å²) in [4.78, 5) is 53.3. The highest BCUT2D eigenvalue weighted by Crippen LogP contribution is 2.30. The van der Waals surface area contributed by atoms with Gasteiger partial charge in [-0.3, -0.25) is 19.2 Å². The van der Waals surface area contributed by atoms with Gasteiger partial charge in [0.25, 0.3) is 17.7 Å². The van der Waals surface area contributed by atoms with Gasteiger partial charge in [0, 0.05) is 10.6 Å². The summed E-state index contributed by atoms with van der Waals surface area (Å²) in [5.74, 6) is -2.61. The number of aryl methyl sites for hydroxylation is 1. The van der Waals surface area contributed by atoms with E-state index in [1.54, 1.807) is 36.4 Å². The van der Waals surface area contributed by atoms with E-state index in [-0.39, 0.29) is 21.7 Å². The molecule has 3 aromatic rings. The van der Waals surface area contributed by atoms with Gasteiger partial charge < -0.3 is 0 Å². The van der Waals surface area contributed by atoms with Gasteiger partial charge in [-0.05, 0) is 44.2 Å². The average molecular weight is 481 g/mol. The number of amides is 3. The third-order valence-electron chi connectivity index (χ3n) is 5.44. The molecule has 3 aromatic carbocycles. The molecule has 6 nitrogen and oxygen atoms in total. The number of nitrogens with zero attached hydrogens (tertiary/aromatic N) is 2. The molecule has 0 aliphatic carbocycles. The molecule has 1 aliphatic heterocycles. The van der Waals surface area contributed by atoms with E-state index in [9.17, 15) is 19.2 Å². The first-order valence-corrected chi connectivity index (χ1v) is 10.8. The van der Waals surface area contributed by atoms with Crippen LogP contribution in [0.4, 0.5) is 0 Å². The predicted molar refractivity (Wildman–Crippen MR) is 125 cm³/mol. The van der Waals surface area contributed by atoms with E-state index in [4.69, 9.17) is 23.2 Å². The van der Waals surface area contributed by atoms with Crippen molar-refractivity contribution in [1.29, 1.82) is 0 Å². The summed E-state index contributed by atoms with van der Waals surface area (Å²) < 4.78 is 0. The molecule has 0 spiro atoms. The number of hydrogen-bond donors (Lipinski definition) is 0. The standard InChI is InChI=1S/C25H18Cl2N2O4/c1-14-7-9-16(10-8-14)22(30)15(2)28(25(33)20-12-11-17(26)13-21(20)27)29-23(31)18-5-3-4-6-19(18)24(29)32/h3-13,15H,1-2H3/t15-/m1/s1. The van der Waals surface area contributed by atoms with Crippen molar-refractivity contribution < 1.29 is 19.2 Å². The first-order chi connectivity index (χ1) is 15.7. The van der Waals surface area contributed by atoms with Crippen molar-refractivity contribution in [3.63, 3.8) is 0 Å². The number of Topliss-reactive ketones (excluding diaryl/α,β-unsaturated/α-hetero) is 1. The molecule has 0 radical (unpaired) electrons. The predicted octanol–water partition coefficient (Wildman–Crippen LogP) is 5.23. The van der Waals surface area contributed by atoms with Gasteiger partial charge in [0.2, 0.25) is 0 Å². The molecule has 1 aliphatic rings. The summed E-state index contributed by atoms with van der Waals surface area (Å²) in [6, 6.07) is 16.1. The fraction of sp³-hybridized carbons (Fsp3) is 0.120. The lowest BCUT2D eigenvalue weighted by Crippen LogP contribution is -2.56. The highest BCUT2D eigenvalue weighted by atomic mass is 35.5. The Morgan fingerprint density at radius 2 is 1.45 bits per heavy atom. The van der Waals surface area contributed by atoms with Crippen LogP contribution in [0.2, 0.25) is 10.0 Å². The second-order valence-electron chi connectivity index (χ2n) is 7.65. The number of rotatable bonds is 5. The van der Waals surface area contributed by atoms with E-state index in [2.05, 4.69) is 0 Å². The van der Waals surface area contributed by atoms with Gasteiger partial charge in [0.1, 0.15) is 6.04 Å². The number of fused-ring (bicyclic) bond motifs is 1. The first-order valence-electron chi connectivity index (χ1n) is 10.1. The Labute approximate surface area is 200 Å². The highest BCUT2D eigenvalue weighted by Gasteiger charge is 2.45. The van der Waals surface area contributed by atoms with Crippen molar-refractivity contribution in [2.75, 3.05) is 0 Å². The molecule has 1 heterocycles. The van der Waals surface area contributed by atoms with E-state index < -0.39 is 29.5 Å². The Morgan fingerprint density at radius 1 is 0.879 bits per heavy atom. The maximum absolute atomic E-state index is 13.6. The Kier molecular flexibility index (Phi) is 6.06. The minimum atomic E-state index is -1.19. The lowest BCUT2D eigenvalue weighted by molar-refractivity contribution is -0.00680. The zero-order chi connectivity index (χ0) is 23.9. The third-order valence-corrected chi connectivity index (χ3v) is 5.99. The van der Waals surface area contributed by atoms with Gasteiger partial charge in [0.05, 0.1) is 21.7 Å². The monoisotopic (exact) mass is 480 g/mol. The van der Waals surface area contributed by atoms with E-state index in [0.29, 0.717) is 15.6 Å². The largest absolute Gasteiger partial charge is 0.292 e. The second-order valence-corrected chi connectivity index (χ2v) is 8.49. The minimum Gasteiger partial charge on any atom is -0.292 e. The fourth-order valence-electron chi connectivity index (χ4n) is 3.67. The lowest BCUT2D eigenvalue weighted by Gasteiger charge is -2.34. The van der Waals surface area contributed by atoms with Crippen LogP contribution in [0.15, 0.2) is 66.7 Å². The Morgan fingerprint density at radius 3 is 2.00 bits per heavy atom. The molecule has 0 N–H and O–H groups in total. The van der Waals surface area contributed by atoms with Crippen molar-refractivity contribution in [2.24, 2.45) is 0 Å². The maximum Gasteiger partial charge on any atom is 0.280 e. The molecule has 4 rings (SSSR count). The lowest BCUT2D eigenvalue weighted by atomic mass is 10.0. The summed E-state index contributed by atoms with van der Waals surface area (Å²) in [7, 11) is 0. The number of carbonyl (C=O) groups is 4. The molecular weight excluding hydrogens is 463 g/mol. The van der Waals surface area contributed by atoms with Crippen LogP contribution in [0.5, 0.6) is 0 Å². The maximum atomic E-state index is 13.6.